The van der Waals surface area contributed by atoms with E-state index in [1.54, 1.807) is 20.8 Å². The molecular formula is C26H32N2O5. The molecule has 176 valence electrons. The summed E-state index contributed by atoms with van der Waals surface area (Å²) in [4.78, 5) is 36.5. The van der Waals surface area contributed by atoms with Gasteiger partial charge in [0.25, 0.3) is 0 Å². The number of carboxylic acids is 1. The molecule has 0 saturated heterocycles. The van der Waals surface area contributed by atoms with Crippen LogP contribution in [0, 0.1) is 5.92 Å². The maximum Gasteiger partial charge on any atom is 0.407 e. The fourth-order valence-electron chi connectivity index (χ4n) is 4.26. The van der Waals surface area contributed by atoms with Crippen LogP contribution in [0.3, 0.4) is 0 Å². The molecule has 7 nitrogen and oxygen atoms in total. The summed E-state index contributed by atoms with van der Waals surface area (Å²) in [6, 6.07) is 15.2. The zero-order valence-electron chi connectivity index (χ0n) is 19.6. The van der Waals surface area contributed by atoms with Crippen LogP contribution in [-0.4, -0.2) is 41.3 Å². The molecule has 2 amide bonds. The number of nitrogens with one attached hydrogen (secondary N) is 2. The second-order valence-electron chi connectivity index (χ2n) is 9.28. The summed E-state index contributed by atoms with van der Waals surface area (Å²) in [5.41, 5.74) is 3.62. The van der Waals surface area contributed by atoms with Crippen molar-refractivity contribution < 1.29 is 24.2 Å². The van der Waals surface area contributed by atoms with Crippen molar-refractivity contribution >= 4 is 18.0 Å². The molecule has 2 aromatic rings. The van der Waals surface area contributed by atoms with E-state index in [1.807, 2.05) is 43.3 Å². The number of amides is 2. The molecule has 0 fully saturated rings. The van der Waals surface area contributed by atoms with Gasteiger partial charge in [0.1, 0.15) is 12.6 Å². The van der Waals surface area contributed by atoms with Crippen molar-refractivity contribution in [2.45, 2.75) is 58.0 Å². The number of ether oxygens (including phenoxy) is 1. The number of rotatable bonds is 9. The van der Waals surface area contributed by atoms with Crippen LogP contribution in [0.15, 0.2) is 48.5 Å². The Morgan fingerprint density at radius 3 is 2.09 bits per heavy atom. The number of hydrogen-bond acceptors (Lipinski definition) is 4. The molecule has 0 spiro atoms. The predicted molar refractivity (Wildman–Crippen MR) is 126 cm³/mol. The van der Waals surface area contributed by atoms with Crippen LogP contribution in [0.5, 0.6) is 0 Å². The lowest BCUT2D eigenvalue weighted by Crippen LogP contribution is -2.51. The first-order valence-electron chi connectivity index (χ1n) is 11.3. The van der Waals surface area contributed by atoms with Crippen molar-refractivity contribution in [1.29, 1.82) is 0 Å². The van der Waals surface area contributed by atoms with E-state index in [0.717, 1.165) is 22.3 Å². The van der Waals surface area contributed by atoms with Crippen molar-refractivity contribution in [1.82, 2.24) is 10.6 Å². The number of benzene rings is 2. The van der Waals surface area contributed by atoms with E-state index in [2.05, 4.69) is 22.8 Å². The monoisotopic (exact) mass is 452 g/mol. The maximum atomic E-state index is 12.5. The van der Waals surface area contributed by atoms with Gasteiger partial charge in [-0.1, -0.05) is 68.8 Å². The smallest absolute Gasteiger partial charge is 0.407 e. The van der Waals surface area contributed by atoms with Crippen LogP contribution < -0.4 is 10.6 Å². The maximum absolute atomic E-state index is 12.5. The highest BCUT2D eigenvalue weighted by molar-refractivity contribution is 5.85. The van der Waals surface area contributed by atoms with Crippen LogP contribution in [0.1, 0.15) is 57.6 Å². The number of fused-ring (bicyclic) bond motifs is 3. The number of carbonyl (C=O) groups is 3. The third-order valence-electron chi connectivity index (χ3n) is 6.18. The van der Waals surface area contributed by atoms with Gasteiger partial charge in [0.05, 0.1) is 0 Å². The van der Waals surface area contributed by atoms with Gasteiger partial charge in [-0.15, -0.1) is 0 Å². The Hall–Kier alpha value is -3.35. The molecule has 0 saturated carbocycles. The first-order valence-corrected chi connectivity index (χ1v) is 11.3. The Morgan fingerprint density at radius 2 is 1.58 bits per heavy atom. The van der Waals surface area contributed by atoms with Crippen molar-refractivity contribution in [3.8, 4) is 11.1 Å². The number of alkyl carbamates (subject to hydrolysis) is 1. The van der Waals surface area contributed by atoms with Crippen molar-refractivity contribution in [2.24, 2.45) is 5.92 Å². The molecule has 1 aliphatic carbocycles. The molecule has 7 heteroatoms. The Morgan fingerprint density at radius 1 is 1.03 bits per heavy atom. The second kappa shape index (κ2) is 10.1. The van der Waals surface area contributed by atoms with Crippen LogP contribution >= 0.6 is 0 Å². The predicted octanol–water partition coefficient (Wildman–Crippen LogP) is 4.31. The molecule has 3 rings (SSSR count). The molecule has 0 bridgehead atoms. The zero-order chi connectivity index (χ0) is 24.2. The SMILES string of the molecule is CC[C@H](C)[C@H](NC(=O)CC(C)(C)NC(=O)OCC1c2ccccc2-c2ccccc21)C(=O)O. The van der Waals surface area contributed by atoms with Gasteiger partial charge in [-0.2, -0.15) is 0 Å². The van der Waals surface area contributed by atoms with Crippen LogP contribution in [0.25, 0.3) is 11.1 Å². The quantitative estimate of drug-likeness (QED) is 0.526. The van der Waals surface area contributed by atoms with E-state index < -0.39 is 29.6 Å². The molecule has 3 N–H and O–H groups in total. The molecule has 1 aliphatic rings. The Balaban J connectivity index is 1.58. The largest absolute Gasteiger partial charge is 0.480 e. The van der Waals surface area contributed by atoms with Gasteiger partial charge < -0.3 is 20.5 Å². The molecule has 0 unspecified atom stereocenters. The minimum absolute atomic E-state index is 0.0542. The lowest BCUT2D eigenvalue weighted by atomic mass is 9.97. The van der Waals surface area contributed by atoms with Gasteiger partial charge in [0.15, 0.2) is 0 Å². The average Bonchev–Trinajstić information content (AvgIpc) is 3.08. The summed E-state index contributed by atoms with van der Waals surface area (Å²) < 4.78 is 5.56. The normalized spacial score (nSPS) is 14.5. The minimum Gasteiger partial charge on any atom is -0.480 e. The van der Waals surface area contributed by atoms with E-state index >= 15 is 0 Å². The molecule has 0 aromatic heterocycles. The Bertz CT molecular complexity index is 987. The lowest BCUT2D eigenvalue weighted by Gasteiger charge is -2.27. The molecule has 0 aliphatic heterocycles. The van der Waals surface area contributed by atoms with Gasteiger partial charge in [0.2, 0.25) is 5.91 Å². The fourth-order valence-corrected chi connectivity index (χ4v) is 4.26. The highest BCUT2D eigenvalue weighted by Gasteiger charge is 2.32. The van der Waals surface area contributed by atoms with Crippen LogP contribution in [0.2, 0.25) is 0 Å². The highest BCUT2D eigenvalue weighted by Crippen LogP contribution is 2.44. The highest BCUT2D eigenvalue weighted by atomic mass is 16.5. The fraction of sp³-hybridized carbons (Fsp3) is 0.423. The van der Waals surface area contributed by atoms with E-state index in [-0.39, 0.29) is 24.9 Å². The first kappa shape index (κ1) is 24.3. The first-order chi connectivity index (χ1) is 15.6. The molecule has 0 radical (unpaired) electrons. The van der Waals surface area contributed by atoms with E-state index in [4.69, 9.17) is 4.74 Å². The number of aliphatic carboxylic acids is 1. The standard InChI is InChI=1S/C26H32N2O5/c1-5-16(2)23(24(30)31)27-22(29)14-26(3,4)28-25(32)33-15-21-19-12-8-6-10-17(19)18-11-7-9-13-20(18)21/h6-13,16,21,23H,5,14-15H2,1-4H3,(H,27,29)(H,28,32)(H,30,31)/t16-,23-/m0/s1. The summed E-state index contributed by atoms with van der Waals surface area (Å²) in [6.45, 7) is 7.23. The molecular weight excluding hydrogens is 420 g/mol. The zero-order valence-corrected chi connectivity index (χ0v) is 19.6. The van der Waals surface area contributed by atoms with E-state index in [1.165, 1.54) is 0 Å². The van der Waals surface area contributed by atoms with Crippen LogP contribution in [-0.2, 0) is 14.3 Å². The Labute approximate surface area is 194 Å². The molecule has 33 heavy (non-hydrogen) atoms. The average molecular weight is 453 g/mol. The topological polar surface area (TPSA) is 105 Å². The van der Waals surface area contributed by atoms with Gasteiger partial charge >= 0.3 is 12.1 Å². The molecule has 2 aromatic carbocycles. The van der Waals surface area contributed by atoms with Gasteiger partial charge in [-0.3, -0.25) is 4.79 Å². The molecule has 0 heterocycles. The third kappa shape index (κ3) is 5.72. The van der Waals surface area contributed by atoms with E-state index in [9.17, 15) is 19.5 Å². The summed E-state index contributed by atoms with van der Waals surface area (Å²) in [6.07, 6.45) is -0.0675. The minimum atomic E-state index is -1.07. The van der Waals surface area contributed by atoms with Crippen molar-refractivity contribution in [3.05, 3.63) is 59.7 Å². The summed E-state index contributed by atoms with van der Waals surface area (Å²) >= 11 is 0. The van der Waals surface area contributed by atoms with Crippen molar-refractivity contribution in [3.63, 3.8) is 0 Å². The van der Waals surface area contributed by atoms with E-state index in [0.29, 0.717) is 6.42 Å². The van der Waals surface area contributed by atoms with Crippen LogP contribution in [0.4, 0.5) is 4.79 Å². The number of hydrogen-bond donors (Lipinski definition) is 3. The van der Waals surface area contributed by atoms with Gasteiger partial charge in [-0.25, -0.2) is 9.59 Å². The summed E-state index contributed by atoms with van der Waals surface area (Å²) in [5.74, 6) is -1.77. The number of carbonyl (C=O) groups excluding carboxylic acids is 2. The van der Waals surface area contributed by atoms with Gasteiger partial charge in [0, 0.05) is 17.9 Å². The van der Waals surface area contributed by atoms with Crippen molar-refractivity contribution in [2.75, 3.05) is 6.61 Å². The Kier molecular flexibility index (Phi) is 7.41. The lowest BCUT2D eigenvalue weighted by molar-refractivity contribution is -0.143. The number of carboxylic acid groups (broad SMARTS) is 1. The summed E-state index contributed by atoms with van der Waals surface area (Å²) in [7, 11) is 0. The second-order valence-corrected chi connectivity index (χ2v) is 9.28. The molecule has 2 atom stereocenters. The van der Waals surface area contributed by atoms with Gasteiger partial charge in [-0.05, 0) is 42.0 Å². The third-order valence-corrected chi connectivity index (χ3v) is 6.18. The summed E-state index contributed by atoms with van der Waals surface area (Å²) in [5, 5.41) is 14.7.